The number of nitro benzene ring substituents is 1. The van der Waals surface area contributed by atoms with Crippen LogP contribution in [-0.4, -0.2) is 30.9 Å². The van der Waals surface area contributed by atoms with Crippen LogP contribution in [0.2, 0.25) is 0 Å². The Morgan fingerprint density at radius 1 is 1.42 bits per heavy atom. The monoisotopic (exact) mass is 390 g/mol. The number of hydrogen-bond acceptors (Lipinski definition) is 4. The van der Waals surface area contributed by atoms with Gasteiger partial charge in [0.05, 0.1) is 11.5 Å². The molecule has 1 aromatic rings. The molecule has 1 aromatic carbocycles. The molecule has 19 heavy (non-hydrogen) atoms. The zero-order valence-corrected chi connectivity index (χ0v) is 11.7. The minimum Gasteiger partial charge on any atom is -0.377 e. The number of ether oxygens (including phenoxy) is 1. The van der Waals surface area contributed by atoms with Gasteiger partial charge < -0.3 is 10.1 Å². The van der Waals surface area contributed by atoms with E-state index in [1.807, 2.05) is 22.6 Å². The Labute approximate surface area is 120 Å². The second kappa shape index (κ2) is 6.89. The number of hydrogen-bond donors (Lipinski definition) is 1. The Balaban J connectivity index is 2.47. The van der Waals surface area contributed by atoms with E-state index in [0.29, 0.717) is 3.57 Å². The molecule has 0 fully saturated rings. The van der Waals surface area contributed by atoms with Crippen molar-refractivity contribution < 1.29 is 22.8 Å². The Bertz CT molecular complexity index is 454. The molecule has 0 bridgehead atoms. The van der Waals surface area contributed by atoms with Crippen molar-refractivity contribution in [2.24, 2.45) is 0 Å². The summed E-state index contributed by atoms with van der Waals surface area (Å²) in [5, 5.41) is 13.4. The molecule has 0 unspecified atom stereocenters. The summed E-state index contributed by atoms with van der Waals surface area (Å²) in [6, 6.07) is 4.54. The van der Waals surface area contributed by atoms with Crippen molar-refractivity contribution in [1.82, 2.24) is 0 Å². The molecular weight excluding hydrogens is 380 g/mol. The second-order valence-electron chi connectivity index (χ2n) is 3.51. The molecule has 0 amide bonds. The summed E-state index contributed by atoms with van der Waals surface area (Å²) in [7, 11) is 0. The van der Waals surface area contributed by atoms with E-state index < -0.39 is 17.7 Å². The van der Waals surface area contributed by atoms with E-state index in [-0.39, 0.29) is 24.5 Å². The number of alkyl halides is 3. The number of rotatable bonds is 6. The van der Waals surface area contributed by atoms with Gasteiger partial charge in [-0.1, -0.05) is 0 Å². The van der Waals surface area contributed by atoms with Crippen LogP contribution < -0.4 is 5.32 Å². The van der Waals surface area contributed by atoms with Crippen molar-refractivity contribution in [1.29, 1.82) is 0 Å². The largest absolute Gasteiger partial charge is 0.411 e. The van der Waals surface area contributed by atoms with E-state index in [1.54, 1.807) is 6.07 Å². The average Bonchev–Trinajstić information content (AvgIpc) is 2.28. The van der Waals surface area contributed by atoms with Gasteiger partial charge in [0.2, 0.25) is 0 Å². The van der Waals surface area contributed by atoms with E-state index >= 15 is 0 Å². The van der Waals surface area contributed by atoms with Crippen molar-refractivity contribution in [3.63, 3.8) is 0 Å². The van der Waals surface area contributed by atoms with Crippen molar-refractivity contribution in [3.8, 4) is 0 Å². The molecule has 9 heteroatoms. The lowest BCUT2D eigenvalue weighted by Crippen LogP contribution is -2.20. The first-order valence-electron chi connectivity index (χ1n) is 5.12. The van der Waals surface area contributed by atoms with Gasteiger partial charge in [0, 0.05) is 16.2 Å². The van der Waals surface area contributed by atoms with Crippen LogP contribution in [0.3, 0.4) is 0 Å². The highest BCUT2D eigenvalue weighted by molar-refractivity contribution is 14.1. The fourth-order valence-corrected chi connectivity index (χ4v) is 1.73. The highest BCUT2D eigenvalue weighted by atomic mass is 127. The topological polar surface area (TPSA) is 64.4 Å². The van der Waals surface area contributed by atoms with Crippen LogP contribution >= 0.6 is 22.6 Å². The van der Waals surface area contributed by atoms with Crippen LogP contribution in [0.1, 0.15) is 0 Å². The third-order valence-electron chi connectivity index (χ3n) is 1.98. The van der Waals surface area contributed by atoms with Crippen LogP contribution in [0.25, 0.3) is 0 Å². The molecule has 0 heterocycles. The summed E-state index contributed by atoms with van der Waals surface area (Å²) in [6.07, 6.45) is -4.37. The van der Waals surface area contributed by atoms with Gasteiger partial charge in [-0.2, -0.15) is 13.2 Å². The van der Waals surface area contributed by atoms with E-state index in [0.717, 1.165) is 0 Å². The van der Waals surface area contributed by atoms with Gasteiger partial charge in [0.25, 0.3) is 5.69 Å². The Kier molecular flexibility index (Phi) is 5.79. The molecule has 0 saturated heterocycles. The molecule has 0 saturated carbocycles. The molecule has 1 rings (SSSR count). The fourth-order valence-electron chi connectivity index (χ4n) is 1.25. The standard InChI is InChI=1S/C10H10F3IN2O3/c11-10(12,13)6-19-4-3-15-8-2-1-7(14)5-9(8)16(17)18/h1-2,5,15H,3-4,6H2. The summed E-state index contributed by atoms with van der Waals surface area (Å²) < 4.78 is 40.4. The van der Waals surface area contributed by atoms with Crippen molar-refractivity contribution >= 4 is 34.0 Å². The molecule has 0 aliphatic heterocycles. The maximum Gasteiger partial charge on any atom is 0.411 e. The quantitative estimate of drug-likeness (QED) is 0.351. The van der Waals surface area contributed by atoms with E-state index in [2.05, 4.69) is 10.1 Å². The average molecular weight is 390 g/mol. The number of nitro groups is 1. The highest BCUT2D eigenvalue weighted by Crippen LogP contribution is 2.26. The number of anilines is 1. The molecule has 0 aromatic heterocycles. The second-order valence-corrected chi connectivity index (χ2v) is 4.76. The normalized spacial score (nSPS) is 11.4. The number of halogens is 4. The number of nitrogens with zero attached hydrogens (tertiary/aromatic N) is 1. The van der Waals surface area contributed by atoms with E-state index in [9.17, 15) is 23.3 Å². The Morgan fingerprint density at radius 2 is 2.11 bits per heavy atom. The first-order valence-corrected chi connectivity index (χ1v) is 6.20. The smallest absolute Gasteiger partial charge is 0.377 e. The number of nitrogens with one attached hydrogen (secondary N) is 1. The van der Waals surface area contributed by atoms with Crippen molar-refractivity contribution in [3.05, 3.63) is 31.9 Å². The molecule has 0 atom stereocenters. The molecule has 0 aliphatic rings. The third kappa shape index (κ3) is 6.05. The van der Waals surface area contributed by atoms with Crippen LogP contribution in [-0.2, 0) is 4.74 Å². The SMILES string of the molecule is O=[N+]([O-])c1cc(I)ccc1NCCOCC(F)(F)F. The first-order chi connectivity index (χ1) is 8.79. The summed E-state index contributed by atoms with van der Waals surface area (Å²) in [4.78, 5) is 10.2. The van der Waals surface area contributed by atoms with Gasteiger partial charge in [-0.15, -0.1) is 0 Å². The fraction of sp³-hybridized carbons (Fsp3) is 0.400. The van der Waals surface area contributed by atoms with E-state index in [1.165, 1.54) is 12.1 Å². The maximum atomic E-state index is 11.8. The maximum absolute atomic E-state index is 11.8. The lowest BCUT2D eigenvalue weighted by Gasteiger charge is -2.09. The molecule has 1 N–H and O–H groups in total. The first kappa shape index (κ1) is 16.0. The minimum absolute atomic E-state index is 0.0531. The zero-order chi connectivity index (χ0) is 14.5. The van der Waals surface area contributed by atoms with Gasteiger partial charge in [0.15, 0.2) is 0 Å². The van der Waals surface area contributed by atoms with Crippen molar-refractivity contribution in [2.75, 3.05) is 25.1 Å². The van der Waals surface area contributed by atoms with Gasteiger partial charge in [-0.05, 0) is 34.7 Å². The number of benzene rings is 1. The summed E-state index contributed by atoms with van der Waals surface area (Å²) in [5.41, 5.74) is 0.128. The Hall–Kier alpha value is -1.10. The Morgan fingerprint density at radius 3 is 2.68 bits per heavy atom. The van der Waals surface area contributed by atoms with Crippen LogP contribution in [0, 0.1) is 13.7 Å². The van der Waals surface area contributed by atoms with Gasteiger partial charge >= 0.3 is 6.18 Å². The summed E-state index contributed by atoms with van der Waals surface area (Å²) in [5.74, 6) is 0. The molecule has 5 nitrogen and oxygen atoms in total. The van der Waals surface area contributed by atoms with Crippen LogP contribution in [0.15, 0.2) is 18.2 Å². The molecule has 0 aliphatic carbocycles. The minimum atomic E-state index is -4.37. The van der Waals surface area contributed by atoms with Gasteiger partial charge in [-0.25, -0.2) is 0 Å². The predicted octanol–water partition coefficient (Wildman–Crippen LogP) is 3.19. The molecular formula is C10H10F3IN2O3. The molecule has 0 radical (unpaired) electrons. The van der Waals surface area contributed by atoms with Gasteiger partial charge in [0.1, 0.15) is 12.3 Å². The zero-order valence-electron chi connectivity index (χ0n) is 9.54. The third-order valence-corrected chi connectivity index (χ3v) is 2.66. The van der Waals surface area contributed by atoms with Crippen LogP contribution in [0.5, 0.6) is 0 Å². The van der Waals surface area contributed by atoms with E-state index in [4.69, 9.17) is 0 Å². The lowest BCUT2D eigenvalue weighted by atomic mass is 10.2. The molecule has 0 spiro atoms. The lowest BCUT2D eigenvalue weighted by molar-refractivity contribution is -0.384. The van der Waals surface area contributed by atoms with Crippen molar-refractivity contribution in [2.45, 2.75) is 6.18 Å². The van der Waals surface area contributed by atoms with Gasteiger partial charge in [-0.3, -0.25) is 10.1 Å². The summed E-state index contributed by atoms with van der Waals surface area (Å²) in [6.45, 7) is -1.47. The molecule has 106 valence electrons. The predicted molar refractivity (Wildman–Crippen MR) is 71.2 cm³/mol. The summed E-state index contributed by atoms with van der Waals surface area (Å²) >= 11 is 1.93. The highest BCUT2D eigenvalue weighted by Gasteiger charge is 2.27. The van der Waals surface area contributed by atoms with Crippen LogP contribution in [0.4, 0.5) is 24.5 Å².